The van der Waals surface area contributed by atoms with Gasteiger partial charge in [0.1, 0.15) is 24.2 Å². The van der Waals surface area contributed by atoms with Crippen LogP contribution in [0.4, 0.5) is 0 Å². The van der Waals surface area contributed by atoms with E-state index < -0.39 is 0 Å². The monoisotopic (exact) mass is 555 g/mol. The summed E-state index contributed by atoms with van der Waals surface area (Å²) in [5.41, 5.74) is 7.74. The van der Waals surface area contributed by atoms with Gasteiger partial charge in [-0.05, 0) is 42.5 Å². The van der Waals surface area contributed by atoms with Crippen molar-refractivity contribution in [2.75, 3.05) is 26.2 Å². The van der Waals surface area contributed by atoms with Crippen molar-refractivity contribution in [1.29, 1.82) is 0 Å². The van der Waals surface area contributed by atoms with Gasteiger partial charge in [-0.3, -0.25) is 19.4 Å². The smallest absolute Gasteiger partial charge is 0.306 e. The van der Waals surface area contributed by atoms with Gasteiger partial charge >= 0.3 is 5.97 Å². The molecule has 1 amide bonds. The van der Waals surface area contributed by atoms with E-state index in [9.17, 15) is 9.59 Å². The zero-order valence-electron chi connectivity index (χ0n) is 24.0. The zero-order valence-corrected chi connectivity index (χ0v) is 24.0. The molecule has 7 nitrogen and oxygen atoms in total. The molecule has 7 heteroatoms. The summed E-state index contributed by atoms with van der Waals surface area (Å²) in [5.74, 6) is 7.49. The molecule has 4 rings (SSSR count). The van der Waals surface area contributed by atoms with E-state index in [0.29, 0.717) is 18.6 Å². The molecular formula is C34H41N3O4. The Morgan fingerprint density at radius 2 is 1.49 bits per heavy atom. The van der Waals surface area contributed by atoms with Crippen LogP contribution in [-0.4, -0.2) is 47.9 Å². The predicted octanol–water partition coefficient (Wildman–Crippen LogP) is 5.62. The largest absolute Gasteiger partial charge is 0.460 e. The molecule has 1 aliphatic heterocycles. The summed E-state index contributed by atoms with van der Waals surface area (Å²) >= 11 is 0. The molecular weight excluding hydrogens is 514 g/mol. The predicted molar refractivity (Wildman–Crippen MR) is 159 cm³/mol. The molecule has 2 N–H and O–H groups in total. The number of esters is 1. The number of benzene rings is 2. The topological polar surface area (TPSA) is 89.0 Å². The number of carbonyl (C=O) groups excluding carboxylic acids is 2. The van der Waals surface area contributed by atoms with E-state index in [-0.39, 0.29) is 43.4 Å². The second-order valence-electron chi connectivity index (χ2n) is 10.4. The van der Waals surface area contributed by atoms with Gasteiger partial charge in [-0.15, -0.1) is 5.92 Å². The minimum atomic E-state index is -0.355. The normalized spacial score (nSPS) is 14.8. The van der Waals surface area contributed by atoms with Crippen molar-refractivity contribution >= 4 is 11.9 Å². The minimum absolute atomic E-state index is 0.0768. The van der Waals surface area contributed by atoms with Crippen LogP contribution in [0.25, 0.3) is 0 Å². The van der Waals surface area contributed by atoms with Crippen molar-refractivity contribution in [3.05, 3.63) is 95.4 Å². The van der Waals surface area contributed by atoms with Crippen LogP contribution in [-0.2, 0) is 20.9 Å². The van der Waals surface area contributed by atoms with Gasteiger partial charge in [-0.25, -0.2) is 0 Å². The second kappa shape index (κ2) is 15.8. The molecule has 3 aromatic rings. The van der Waals surface area contributed by atoms with Crippen molar-refractivity contribution in [2.45, 2.75) is 64.1 Å². The lowest BCUT2D eigenvalue weighted by atomic mass is 9.96. The summed E-state index contributed by atoms with van der Waals surface area (Å²) < 4.78 is 11.5. The third kappa shape index (κ3) is 9.07. The number of hydrogen-bond donors (Lipinski definition) is 1. The van der Waals surface area contributed by atoms with E-state index in [1.54, 1.807) is 0 Å². The van der Waals surface area contributed by atoms with E-state index in [1.807, 2.05) is 12.1 Å². The highest BCUT2D eigenvalue weighted by Gasteiger charge is 2.30. The molecule has 2 aromatic carbocycles. The third-order valence-electron chi connectivity index (χ3n) is 7.30. The number of furan rings is 1. The molecule has 1 aliphatic rings. The molecule has 0 radical (unpaired) electrons. The fourth-order valence-corrected chi connectivity index (χ4v) is 5.19. The number of primary amides is 1. The van der Waals surface area contributed by atoms with Gasteiger partial charge in [0.25, 0.3) is 0 Å². The Labute approximate surface area is 243 Å². The van der Waals surface area contributed by atoms with Crippen LogP contribution in [0.2, 0.25) is 0 Å². The van der Waals surface area contributed by atoms with Gasteiger partial charge in [-0.1, -0.05) is 73.5 Å². The first kappa shape index (κ1) is 30.1. The molecule has 216 valence electrons. The van der Waals surface area contributed by atoms with Gasteiger partial charge in [0.2, 0.25) is 5.91 Å². The summed E-state index contributed by atoms with van der Waals surface area (Å²) in [6.45, 7) is 5.73. The third-order valence-corrected chi connectivity index (χ3v) is 7.30. The number of rotatable bonds is 13. The molecule has 1 fully saturated rings. The van der Waals surface area contributed by atoms with Crippen LogP contribution < -0.4 is 5.73 Å². The molecule has 1 aromatic heterocycles. The lowest BCUT2D eigenvalue weighted by molar-refractivity contribution is -0.145. The van der Waals surface area contributed by atoms with Gasteiger partial charge in [-0.2, -0.15) is 0 Å². The quantitative estimate of drug-likeness (QED) is 0.167. The van der Waals surface area contributed by atoms with E-state index >= 15 is 0 Å². The standard InChI is InChI=1S/C34H41N3O4/c1-2-3-6-17-30(31-21-20-29(41-31)26-40-33(39)19-12-11-18-32(35)38)36-22-24-37(25-23-36)34(27-13-7-4-8-14-27)28-15-9-5-10-16-28/h4-5,7-10,13-16,20-21,30,34H,2-3,11-12,18-19,22-26H2,1H3,(H2,35,38). The maximum atomic E-state index is 12.1. The Balaban J connectivity index is 1.40. The van der Waals surface area contributed by atoms with Gasteiger partial charge in [0.05, 0.1) is 6.04 Å². The van der Waals surface area contributed by atoms with Crippen LogP contribution in [0.3, 0.4) is 0 Å². The highest BCUT2D eigenvalue weighted by molar-refractivity contribution is 5.73. The Morgan fingerprint density at radius 3 is 2.10 bits per heavy atom. The minimum Gasteiger partial charge on any atom is -0.460 e. The summed E-state index contributed by atoms with van der Waals surface area (Å²) in [5, 5.41) is 0. The SMILES string of the molecule is CCCC#CC(c1ccc(COC(=O)CCCCC(N)=O)o1)N1CCN(C(c2ccccc2)c2ccccc2)CC1. The summed E-state index contributed by atoms with van der Waals surface area (Å²) in [7, 11) is 0. The first-order valence-electron chi connectivity index (χ1n) is 14.6. The van der Waals surface area contributed by atoms with Crippen molar-refractivity contribution in [3.63, 3.8) is 0 Å². The Hall–Kier alpha value is -3.86. The molecule has 0 bridgehead atoms. The van der Waals surface area contributed by atoms with Gasteiger partial charge in [0.15, 0.2) is 0 Å². The van der Waals surface area contributed by atoms with Crippen LogP contribution in [0.15, 0.2) is 77.2 Å². The van der Waals surface area contributed by atoms with Crippen LogP contribution in [0.5, 0.6) is 0 Å². The summed E-state index contributed by atoms with van der Waals surface area (Å²) in [6, 6.07) is 25.2. The van der Waals surface area contributed by atoms with Gasteiger partial charge in [0, 0.05) is 45.4 Å². The van der Waals surface area contributed by atoms with E-state index in [0.717, 1.165) is 44.8 Å². The van der Waals surface area contributed by atoms with Crippen molar-refractivity contribution in [1.82, 2.24) is 9.80 Å². The van der Waals surface area contributed by atoms with Crippen molar-refractivity contribution < 1.29 is 18.7 Å². The molecule has 0 aliphatic carbocycles. The molecule has 41 heavy (non-hydrogen) atoms. The number of piperazine rings is 1. The first-order valence-corrected chi connectivity index (χ1v) is 14.6. The highest BCUT2D eigenvalue weighted by atomic mass is 16.5. The molecule has 0 saturated carbocycles. The first-order chi connectivity index (χ1) is 20.0. The molecule has 1 atom stereocenters. The fourth-order valence-electron chi connectivity index (χ4n) is 5.19. The summed E-state index contributed by atoms with van der Waals surface area (Å²) in [6.07, 6.45) is 3.52. The van der Waals surface area contributed by atoms with Gasteiger partial charge < -0.3 is 14.9 Å². The molecule has 0 spiro atoms. The molecule has 1 unspecified atom stereocenters. The number of nitrogens with two attached hydrogens (primary N) is 1. The maximum Gasteiger partial charge on any atom is 0.306 e. The number of nitrogens with zero attached hydrogens (tertiary/aromatic N) is 2. The Kier molecular flexibility index (Phi) is 11.6. The van der Waals surface area contributed by atoms with E-state index in [4.69, 9.17) is 14.9 Å². The van der Waals surface area contributed by atoms with Crippen LogP contribution in [0, 0.1) is 11.8 Å². The number of hydrogen-bond acceptors (Lipinski definition) is 6. The second-order valence-corrected chi connectivity index (χ2v) is 10.4. The number of ether oxygens (including phenoxy) is 1. The molecule has 2 heterocycles. The van der Waals surface area contributed by atoms with Crippen LogP contribution in [0.1, 0.15) is 80.2 Å². The highest BCUT2D eigenvalue weighted by Crippen LogP contribution is 2.31. The van der Waals surface area contributed by atoms with Crippen LogP contribution >= 0.6 is 0 Å². The average Bonchev–Trinajstić information content (AvgIpc) is 3.47. The Morgan fingerprint density at radius 1 is 0.878 bits per heavy atom. The lowest BCUT2D eigenvalue weighted by Crippen LogP contribution is -2.48. The lowest BCUT2D eigenvalue weighted by Gasteiger charge is -2.41. The van der Waals surface area contributed by atoms with Crippen molar-refractivity contribution in [2.24, 2.45) is 5.73 Å². The maximum absolute atomic E-state index is 12.1. The van der Waals surface area contributed by atoms with Crippen molar-refractivity contribution in [3.8, 4) is 11.8 Å². The average molecular weight is 556 g/mol. The number of amides is 1. The number of carbonyl (C=O) groups is 2. The summed E-state index contributed by atoms with van der Waals surface area (Å²) in [4.78, 5) is 27.9. The van der Waals surface area contributed by atoms with E-state index in [2.05, 4.69) is 89.2 Å². The fraction of sp³-hybridized carbons (Fsp3) is 0.412. The molecule has 1 saturated heterocycles. The Bertz CT molecular complexity index is 1250. The van der Waals surface area contributed by atoms with E-state index in [1.165, 1.54) is 11.1 Å². The zero-order chi connectivity index (χ0) is 28.9. The number of unbranched alkanes of at least 4 members (excludes halogenated alkanes) is 2.